The van der Waals surface area contributed by atoms with Crippen molar-refractivity contribution in [1.29, 1.82) is 0 Å². The number of nitrogen functional groups attached to an aromatic ring is 1. The van der Waals surface area contributed by atoms with Crippen molar-refractivity contribution in [1.82, 2.24) is 24.5 Å². The molecule has 114 valence electrons. The van der Waals surface area contributed by atoms with Crippen LogP contribution in [-0.2, 0) is 4.74 Å². The van der Waals surface area contributed by atoms with Gasteiger partial charge in [0.05, 0.1) is 13.2 Å². The molecule has 1 fully saturated rings. The maximum atomic E-state index is 5.95. The first-order valence-corrected chi connectivity index (χ1v) is 7.29. The Morgan fingerprint density at radius 3 is 2.95 bits per heavy atom. The zero-order valence-corrected chi connectivity index (χ0v) is 12.3. The van der Waals surface area contributed by atoms with Crippen LogP contribution in [0.25, 0.3) is 5.65 Å². The fourth-order valence-electron chi connectivity index (χ4n) is 2.52. The van der Waals surface area contributed by atoms with Crippen molar-refractivity contribution < 1.29 is 4.74 Å². The molecule has 2 aromatic rings. The van der Waals surface area contributed by atoms with E-state index in [0.29, 0.717) is 5.95 Å². The van der Waals surface area contributed by atoms with Gasteiger partial charge in [0, 0.05) is 38.8 Å². The maximum Gasteiger partial charge on any atom is 0.209 e. The molecule has 0 bridgehead atoms. The van der Waals surface area contributed by atoms with Crippen molar-refractivity contribution in [2.75, 3.05) is 56.6 Å². The smallest absolute Gasteiger partial charge is 0.209 e. The molecule has 0 unspecified atom stereocenters. The minimum absolute atomic E-state index is 0.414. The molecule has 1 saturated heterocycles. The Morgan fingerprint density at radius 1 is 1.38 bits per heavy atom. The Hall–Kier alpha value is -1.93. The van der Waals surface area contributed by atoms with Crippen molar-refractivity contribution in [2.45, 2.75) is 6.92 Å². The van der Waals surface area contributed by atoms with Crippen molar-refractivity contribution in [3.8, 4) is 0 Å². The van der Waals surface area contributed by atoms with Crippen LogP contribution in [-0.4, -0.2) is 70.4 Å². The van der Waals surface area contributed by atoms with Crippen LogP contribution in [0.2, 0.25) is 0 Å². The second kappa shape index (κ2) is 6.23. The molecule has 0 radical (unpaired) electrons. The third-order valence-electron chi connectivity index (χ3n) is 3.80. The Kier molecular flexibility index (Phi) is 4.16. The second-order valence-corrected chi connectivity index (χ2v) is 5.07. The number of hydrogen-bond acceptors (Lipinski definition) is 7. The highest BCUT2D eigenvalue weighted by molar-refractivity contribution is 5.55. The van der Waals surface area contributed by atoms with Crippen LogP contribution in [0.4, 0.5) is 11.8 Å². The highest BCUT2D eigenvalue weighted by Gasteiger charge is 2.14. The Bertz CT molecular complexity index is 593. The summed E-state index contributed by atoms with van der Waals surface area (Å²) in [5, 5.41) is 7.91. The van der Waals surface area contributed by atoms with Gasteiger partial charge in [-0.25, -0.2) is 0 Å². The number of morpholine rings is 1. The van der Waals surface area contributed by atoms with Gasteiger partial charge in [-0.2, -0.15) is 4.98 Å². The Balaban J connectivity index is 1.71. The van der Waals surface area contributed by atoms with Gasteiger partial charge in [-0.3, -0.25) is 9.30 Å². The molecule has 0 amide bonds. The number of nitrogens with two attached hydrogens (primary N) is 1. The molecule has 0 aliphatic carbocycles. The summed E-state index contributed by atoms with van der Waals surface area (Å²) in [6, 6.07) is 1.92. The van der Waals surface area contributed by atoms with Crippen LogP contribution in [0.5, 0.6) is 0 Å². The van der Waals surface area contributed by atoms with E-state index < -0.39 is 0 Å². The first-order valence-electron chi connectivity index (χ1n) is 7.29. The number of anilines is 2. The van der Waals surface area contributed by atoms with E-state index >= 15 is 0 Å². The monoisotopic (exact) mass is 291 g/mol. The Morgan fingerprint density at radius 2 is 2.19 bits per heavy atom. The van der Waals surface area contributed by atoms with E-state index in [4.69, 9.17) is 10.5 Å². The average Bonchev–Trinajstić information content (AvgIpc) is 2.98. The molecule has 0 aromatic carbocycles. The summed E-state index contributed by atoms with van der Waals surface area (Å²) in [5.74, 6) is 1.26. The normalized spacial score (nSPS) is 16.4. The lowest BCUT2D eigenvalue weighted by molar-refractivity contribution is 0.0392. The number of aromatic nitrogens is 4. The molecule has 3 rings (SSSR count). The molecule has 21 heavy (non-hydrogen) atoms. The number of hydrogen-bond donors (Lipinski definition) is 1. The van der Waals surface area contributed by atoms with Gasteiger partial charge in [-0.15, -0.1) is 10.2 Å². The SMILES string of the molecule is CCN(CCN1CCOCC1)c1cc2nncn2c(N)n1. The molecule has 3 heterocycles. The lowest BCUT2D eigenvalue weighted by atomic mass is 10.3. The fraction of sp³-hybridized carbons (Fsp3) is 0.615. The number of rotatable bonds is 5. The molecule has 2 N–H and O–H groups in total. The maximum absolute atomic E-state index is 5.95. The predicted octanol–water partition coefficient (Wildman–Crippen LogP) is -0.135. The first kappa shape index (κ1) is 14.0. The van der Waals surface area contributed by atoms with E-state index in [1.165, 1.54) is 0 Å². The summed E-state index contributed by atoms with van der Waals surface area (Å²) in [7, 11) is 0. The molecule has 8 heteroatoms. The molecule has 2 aromatic heterocycles. The quantitative estimate of drug-likeness (QED) is 0.821. The van der Waals surface area contributed by atoms with Crippen LogP contribution in [0.1, 0.15) is 6.92 Å². The van der Waals surface area contributed by atoms with Crippen LogP contribution in [0.15, 0.2) is 12.4 Å². The predicted molar refractivity (Wildman–Crippen MR) is 80.3 cm³/mol. The molecule has 0 spiro atoms. The van der Waals surface area contributed by atoms with Crippen molar-refractivity contribution in [3.63, 3.8) is 0 Å². The Labute approximate surface area is 123 Å². The highest BCUT2D eigenvalue weighted by atomic mass is 16.5. The standard InChI is InChI=1S/C13H21N7O/c1-2-19(4-3-18-5-7-21-8-6-18)11-9-12-17-15-10-20(12)13(14)16-11/h9-10H,2-8H2,1H3,(H2,14,16). The van der Waals surface area contributed by atoms with E-state index in [-0.39, 0.29) is 0 Å². The largest absolute Gasteiger partial charge is 0.379 e. The fourth-order valence-corrected chi connectivity index (χ4v) is 2.52. The summed E-state index contributed by atoms with van der Waals surface area (Å²) >= 11 is 0. The van der Waals surface area contributed by atoms with Crippen LogP contribution in [0, 0.1) is 0 Å². The van der Waals surface area contributed by atoms with Crippen LogP contribution in [0.3, 0.4) is 0 Å². The molecule has 0 atom stereocenters. The molecule has 1 aliphatic heterocycles. The number of likely N-dealkylation sites (N-methyl/N-ethyl adjacent to an activating group) is 1. The van der Waals surface area contributed by atoms with Gasteiger partial charge in [-0.1, -0.05) is 0 Å². The van der Waals surface area contributed by atoms with Crippen molar-refractivity contribution >= 4 is 17.4 Å². The minimum atomic E-state index is 0.414. The van der Waals surface area contributed by atoms with Crippen molar-refractivity contribution in [2.24, 2.45) is 0 Å². The van der Waals surface area contributed by atoms with E-state index in [9.17, 15) is 0 Å². The zero-order valence-electron chi connectivity index (χ0n) is 12.3. The zero-order chi connectivity index (χ0) is 14.7. The first-order chi connectivity index (χ1) is 10.3. The summed E-state index contributed by atoms with van der Waals surface area (Å²) in [6.07, 6.45) is 1.57. The summed E-state index contributed by atoms with van der Waals surface area (Å²) in [4.78, 5) is 9.07. The lowest BCUT2D eigenvalue weighted by Crippen LogP contribution is -2.41. The lowest BCUT2D eigenvalue weighted by Gasteiger charge is -2.30. The summed E-state index contributed by atoms with van der Waals surface area (Å²) in [5.41, 5.74) is 6.68. The van der Waals surface area contributed by atoms with E-state index in [2.05, 4.69) is 31.9 Å². The average molecular weight is 291 g/mol. The van der Waals surface area contributed by atoms with Gasteiger partial charge in [0.15, 0.2) is 5.65 Å². The van der Waals surface area contributed by atoms with Gasteiger partial charge in [0.25, 0.3) is 0 Å². The number of fused-ring (bicyclic) bond motifs is 1. The molecule has 0 saturated carbocycles. The number of ether oxygens (including phenoxy) is 1. The van der Waals surface area contributed by atoms with Crippen molar-refractivity contribution in [3.05, 3.63) is 12.4 Å². The highest BCUT2D eigenvalue weighted by Crippen LogP contribution is 2.16. The van der Waals surface area contributed by atoms with E-state index in [1.54, 1.807) is 10.7 Å². The van der Waals surface area contributed by atoms with Gasteiger partial charge >= 0.3 is 0 Å². The van der Waals surface area contributed by atoms with Crippen LogP contribution < -0.4 is 10.6 Å². The number of nitrogens with zero attached hydrogens (tertiary/aromatic N) is 6. The van der Waals surface area contributed by atoms with Crippen LogP contribution >= 0.6 is 0 Å². The second-order valence-electron chi connectivity index (χ2n) is 5.07. The van der Waals surface area contributed by atoms with Gasteiger partial charge in [-0.05, 0) is 6.92 Å². The molecule has 1 aliphatic rings. The van der Waals surface area contributed by atoms with E-state index in [1.807, 2.05) is 6.07 Å². The summed E-state index contributed by atoms with van der Waals surface area (Å²) in [6.45, 7) is 8.54. The summed E-state index contributed by atoms with van der Waals surface area (Å²) < 4.78 is 7.05. The molecular weight excluding hydrogens is 270 g/mol. The van der Waals surface area contributed by atoms with Gasteiger partial charge in [0.2, 0.25) is 5.95 Å². The van der Waals surface area contributed by atoms with Gasteiger partial charge < -0.3 is 15.4 Å². The third kappa shape index (κ3) is 3.06. The minimum Gasteiger partial charge on any atom is -0.379 e. The third-order valence-corrected chi connectivity index (χ3v) is 3.80. The van der Waals surface area contributed by atoms with E-state index in [0.717, 1.165) is 57.4 Å². The topological polar surface area (TPSA) is 84.8 Å². The van der Waals surface area contributed by atoms with Gasteiger partial charge in [0.1, 0.15) is 12.1 Å². The molecule has 8 nitrogen and oxygen atoms in total. The molecular formula is C13H21N7O.